The van der Waals surface area contributed by atoms with E-state index in [1.807, 2.05) is 0 Å². The molecule has 1 aromatic rings. The zero-order chi connectivity index (χ0) is 14.6. The molecule has 20 heavy (non-hydrogen) atoms. The van der Waals surface area contributed by atoms with E-state index in [1.165, 1.54) is 24.6 Å². The molecule has 112 valence electrons. The molecule has 0 aliphatic heterocycles. The van der Waals surface area contributed by atoms with Crippen molar-refractivity contribution in [2.75, 3.05) is 12.4 Å². The zero-order valence-corrected chi connectivity index (χ0v) is 12.8. The van der Waals surface area contributed by atoms with Crippen LogP contribution in [-0.2, 0) is 10.0 Å². The van der Waals surface area contributed by atoms with Gasteiger partial charge in [0.25, 0.3) is 0 Å². The Labute approximate surface area is 124 Å². The second-order valence-electron chi connectivity index (χ2n) is 5.48. The Hall–Kier alpha value is -0.650. The topological polar surface area (TPSA) is 46.2 Å². The predicted molar refractivity (Wildman–Crippen MR) is 77.8 cm³/mol. The molecule has 0 bridgehead atoms. The molecule has 2 rings (SSSR count). The van der Waals surface area contributed by atoms with Crippen LogP contribution in [0.4, 0.5) is 4.39 Å². The lowest BCUT2D eigenvalue weighted by Gasteiger charge is -2.35. The summed E-state index contributed by atoms with van der Waals surface area (Å²) in [7, 11) is -3.68. The Kier molecular flexibility index (Phi) is 5.04. The summed E-state index contributed by atoms with van der Waals surface area (Å²) in [6.07, 6.45) is 5.20. The summed E-state index contributed by atoms with van der Waals surface area (Å²) in [5.41, 5.74) is -0.166. The van der Waals surface area contributed by atoms with Gasteiger partial charge in [-0.3, -0.25) is 0 Å². The van der Waals surface area contributed by atoms with E-state index in [4.69, 9.17) is 11.6 Å². The number of nitrogens with one attached hydrogen (secondary N) is 1. The SMILES string of the molecule is O=S(=O)(NCC1(CCl)CCCCC1)c1cccc(F)c1. The molecule has 1 fully saturated rings. The summed E-state index contributed by atoms with van der Waals surface area (Å²) in [6, 6.07) is 5.03. The van der Waals surface area contributed by atoms with Crippen LogP contribution in [0.2, 0.25) is 0 Å². The van der Waals surface area contributed by atoms with Crippen LogP contribution in [-0.4, -0.2) is 20.8 Å². The first kappa shape index (κ1) is 15.7. The molecule has 0 unspecified atom stereocenters. The molecular weight excluding hydrogens is 301 g/mol. The van der Waals surface area contributed by atoms with Gasteiger partial charge < -0.3 is 0 Å². The van der Waals surface area contributed by atoms with Crippen LogP contribution in [0.1, 0.15) is 32.1 Å². The fraction of sp³-hybridized carbons (Fsp3) is 0.571. The monoisotopic (exact) mass is 319 g/mol. The third-order valence-electron chi connectivity index (χ3n) is 3.94. The number of hydrogen-bond donors (Lipinski definition) is 1. The summed E-state index contributed by atoms with van der Waals surface area (Å²) in [5.74, 6) is -0.115. The fourth-order valence-corrected chi connectivity index (χ4v) is 4.18. The van der Waals surface area contributed by atoms with E-state index in [0.29, 0.717) is 12.4 Å². The van der Waals surface area contributed by atoms with Crippen LogP contribution in [0.5, 0.6) is 0 Å². The van der Waals surface area contributed by atoms with Gasteiger partial charge in [-0.1, -0.05) is 25.3 Å². The lowest BCUT2D eigenvalue weighted by atomic mass is 9.76. The van der Waals surface area contributed by atoms with Crippen molar-refractivity contribution in [3.05, 3.63) is 30.1 Å². The maximum Gasteiger partial charge on any atom is 0.240 e. The van der Waals surface area contributed by atoms with Crippen LogP contribution < -0.4 is 4.72 Å². The Bertz CT molecular complexity index is 556. The molecular formula is C14H19ClFNO2S. The van der Waals surface area contributed by atoms with E-state index in [2.05, 4.69) is 4.72 Å². The van der Waals surface area contributed by atoms with Crippen molar-refractivity contribution >= 4 is 21.6 Å². The molecule has 1 N–H and O–H groups in total. The zero-order valence-electron chi connectivity index (χ0n) is 11.2. The number of rotatable bonds is 5. The molecule has 1 saturated carbocycles. The minimum absolute atomic E-state index is 0.0435. The first-order valence-electron chi connectivity index (χ1n) is 6.79. The van der Waals surface area contributed by atoms with E-state index in [-0.39, 0.29) is 10.3 Å². The van der Waals surface area contributed by atoms with Crippen molar-refractivity contribution in [1.82, 2.24) is 4.72 Å². The second kappa shape index (κ2) is 6.41. The van der Waals surface area contributed by atoms with Crippen LogP contribution in [0.25, 0.3) is 0 Å². The molecule has 0 saturated heterocycles. The predicted octanol–water partition coefficient (Wildman–Crippen LogP) is 3.29. The van der Waals surface area contributed by atoms with Gasteiger partial charge in [0, 0.05) is 12.4 Å². The molecule has 3 nitrogen and oxygen atoms in total. The van der Waals surface area contributed by atoms with Crippen LogP contribution in [0, 0.1) is 11.2 Å². The molecule has 0 spiro atoms. The molecule has 1 aromatic carbocycles. The molecule has 1 aliphatic rings. The van der Waals surface area contributed by atoms with Gasteiger partial charge in [-0.2, -0.15) is 0 Å². The third kappa shape index (κ3) is 3.71. The number of benzene rings is 1. The highest BCUT2D eigenvalue weighted by molar-refractivity contribution is 7.89. The summed E-state index contributed by atoms with van der Waals surface area (Å²) < 4.78 is 40.0. The van der Waals surface area contributed by atoms with E-state index >= 15 is 0 Å². The van der Waals surface area contributed by atoms with Crippen LogP contribution >= 0.6 is 11.6 Å². The smallest absolute Gasteiger partial charge is 0.211 e. The van der Waals surface area contributed by atoms with Gasteiger partial charge in [0.05, 0.1) is 4.90 Å². The average Bonchev–Trinajstić information content (AvgIpc) is 2.46. The maximum absolute atomic E-state index is 13.1. The number of sulfonamides is 1. The van der Waals surface area contributed by atoms with Gasteiger partial charge in [0.1, 0.15) is 5.82 Å². The highest BCUT2D eigenvalue weighted by Gasteiger charge is 2.32. The highest BCUT2D eigenvalue weighted by Crippen LogP contribution is 2.37. The Morgan fingerprint density at radius 3 is 2.55 bits per heavy atom. The Balaban J connectivity index is 2.08. The lowest BCUT2D eigenvalue weighted by molar-refractivity contribution is 0.223. The van der Waals surface area contributed by atoms with Gasteiger partial charge in [-0.05, 0) is 36.5 Å². The summed E-state index contributed by atoms with van der Waals surface area (Å²) >= 11 is 6.04. The van der Waals surface area contributed by atoms with Gasteiger partial charge in [0.2, 0.25) is 10.0 Å². The fourth-order valence-electron chi connectivity index (χ4n) is 2.63. The normalized spacial score (nSPS) is 18.9. The minimum Gasteiger partial charge on any atom is -0.211 e. The highest BCUT2D eigenvalue weighted by atomic mass is 35.5. The quantitative estimate of drug-likeness (QED) is 0.846. The van der Waals surface area contributed by atoms with E-state index in [0.717, 1.165) is 31.7 Å². The van der Waals surface area contributed by atoms with Crippen molar-refractivity contribution < 1.29 is 12.8 Å². The van der Waals surface area contributed by atoms with E-state index in [1.54, 1.807) is 0 Å². The van der Waals surface area contributed by atoms with Gasteiger partial charge in [-0.15, -0.1) is 11.6 Å². The molecule has 0 amide bonds. The van der Waals surface area contributed by atoms with E-state index in [9.17, 15) is 12.8 Å². The Morgan fingerprint density at radius 2 is 1.95 bits per heavy atom. The van der Waals surface area contributed by atoms with Crippen molar-refractivity contribution in [2.45, 2.75) is 37.0 Å². The lowest BCUT2D eigenvalue weighted by Crippen LogP contribution is -2.40. The van der Waals surface area contributed by atoms with Crippen molar-refractivity contribution in [2.24, 2.45) is 5.41 Å². The number of hydrogen-bond acceptors (Lipinski definition) is 2. The molecule has 1 aliphatic carbocycles. The molecule has 0 heterocycles. The minimum atomic E-state index is -3.68. The molecule has 0 aromatic heterocycles. The van der Waals surface area contributed by atoms with Crippen LogP contribution in [0.15, 0.2) is 29.2 Å². The Morgan fingerprint density at radius 1 is 1.25 bits per heavy atom. The molecule has 0 radical (unpaired) electrons. The maximum atomic E-state index is 13.1. The first-order valence-corrected chi connectivity index (χ1v) is 8.80. The average molecular weight is 320 g/mol. The summed E-state index contributed by atoms with van der Waals surface area (Å²) in [6.45, 7) is 0.315. The standard InChI is InChI=1S/C14H19ClFNO2S/c15-10-14(7-2-1-3-8-14)11-17-20(18,19)13-6-4-5-12(16)9-13/h4-6,9,17H,1-3,7-8,10-11H2. The van der Waals surface area contributed by atoms with E-state index < -0.39 is 15.8 Å². The molecule has 0 atom stereocenters. The number of alkyl halides is 1. The number of halogens is 2. The largest absolute Gasteiger partial charge is 0.240 e. The van der Waals surface area contributed by atoms with Crippen molar-refractivity contribution in [3.63, 3.8) is 0 Å². The van der Waals surface area contributed by atoms with Crippen molar-refractivity contribution in [1.29, 1.82) is 0 Å². The van der Waals surface area contributed by atoms with Crippen molar-refractivity contribution in [3.8, 4) is 0 Å². The van der Waals surface area contributed by atoms with Gasteiger partial charge in [0.15, 0.2) is 0 Å². The summed E-state index contributed by atoms with van der Waals surface area (Å²) in [4.78, 5) is -0.0435. The summed E-state index contributed by atoms with van der Waals surface area (Å²) in [5, 5.41) is 0. The van der Waals surface area contributed by atoms with Gasteiger partial charge >= 0.3 is 0 Å². The first-order chi connectivity index (χ1) is 9.47. The van der Waals surface area contributed by atoms with Crippen LogP contribution in [0.3, 0.4) is 0 Å². The third-order valence-corrected chi connectivity index (χ3v) is 5.91. The second-order valence-corrected chi connectivity index (χ2v) is 7.51. The molecule has 6 heteroatoms. The van der Waals surface area contributed by atoms with Gasteiger partial charge in [-0.25, -0.2) is 17.5 Å².